The lowest BCUT2D eigenvalue weighted by molar-refractivity contribution is -0.131. The predicted octanol–water partition coefficient (Wildman–Crippen LogP) is 2.95. The van der Waals surface area contributed by atoms with Gasteiger partial charge in [-0.25, -0.2) is 9.59 Å². The van der Waals surface area contributed by atoms with Crippen LogP contribution in [0.15, 0.2) is 57.7 Å². The summed E-state index contributed by atoms with van der Waals surface area (Å²) >= 11 is 0. The van der Waals surface area contributed by atoms with E-state index in [0.29, 0.717) is 5.39 Å². The highest BCUT2D eigenvalue weighted by Gasteiger charge is 2.22. The second kappa shape index (κ2) is 7.10. The number of carbonyl (C=O) groups is 2. The molecule has 0 unspecified atom stereocenters. The average Bonchev–Trinajstić information content (AvgIpc) is 2.63. The minimum absolute atomic E-state index is 0.00883. The molecule has 0 aliphatic heterocycles. The van der Waals surface area contributed by atoms with E-state index in [2.05, 4.69) is 0 Å². The van der Waals surface area contributed by atoms with E-state index in [4.69, 9.17) is 18.6 Å². The number of hydrogen-bond donors (Lipinski definition) is 0. The van der Waals surface area contributed by atoms with Crippen LogP contribution in [0.3, 0.4) is 0 Å². The minimum Gasteiger partial charge on any atom is -0.492 e. The molecule has 7 heteroatoms. The van der Waals surface area contributed by atoms with E-state index in [1.54, 1.807) is 42.5 Å². The van der Waals surface area contributed by atoms with Crippen LogP contribution < -0.4 is 19.8 Å². The summed E-state index contributed by atoms with van der Waals surface area (Å²) in [7, 11) is 1.33. The van der Waals surface area contributed by atoms with Crippen LogP contribution in [0, 0.1) is 0 Å². The number of para-hydroxylation sites is 1. The van der Waals surface area contributed by atoms with Crippen molar-refractivity contribution in [2.24, 2.45) is 0 Å². The Hall–Kier alpha value is -3.61. The Labute approximate surface area is 147 Å². The molecule has 132 valence electrons. The van der Waals surface area contributed by atoms with Crippen LogP contribution in [0.4, 0.5) is 0 Å². The number of rotatable bonds is 4. The van der Waals surface area contributed by atoms with Crippen molar-refractivity contribution >= 4 is 22.9 Å². The van der Waals surface area contributed by atoms with E-state index in [9.17, 15) is 14.4 Å². The van der Waals surface area contributed by atoms with Crippen molar-refractivity contribution in [2.75, 3.05) is 7.11 Å². The van der Waals surface area contributed by atoms with Gasteiger partial charge in [-0.1, -0.05) is 24.3 Å². The van der Waals surface area contributed by atoms with Crippen molar-refractivity contribution in [3.8, 4) is 17.2 Å². The molecule has 2 aromatic carbocycles. The zero-order valence-electron chi connectivity index (χ0n) is 14.0. The van der Waals surface area contributed by atoms with E-state index in [1.165, 1.54) is 20.1 Å². The van der Waals surface area contributed by atoms with Gasteiger partial charge in [0.25, 0.3) is 5.75 Å². The first kappa shape index (κ1) is 17.2. The Bertz CT molecular complexity index is 1030. The first-order valence-corrected chi connectivity index (χ1v) is 7.60. The lowest BCUT2D eigenvalue weighted by Gasteiger charge is -2.12. The van der Waals surface area contributed by atoms with Crippen LogP contribution in [0.1, 0.15) is 17.3 Å². The van der Waals surface area contributed by atoms with Crippen molar-refractivity contribution in [1.82, 2.24) is 0 Å². The third-order valence-corrected chi connectivity index (χ3v) is 3.47. The number of ether oxygens (including phenoxy) is 3. The standard InChI is InChI=1S/C19H14O7/c1-11(20)24-14-10-6-9-13-15(14)25-19(22)17(16(13)23-2)26-18(21)12-7-4-3-5-8-12/h3-10H,1-2H3. The summed E-state index contributed by atoms with van der Waals surface area (Å²) < 4.78 is 20.7. The lowest BCUT2D eigenvalue weighted by Crippen LogP contribution is -2.16. The van der Waals surface area contributed by atoms with Gasteiger partial charge in [-0.3, -0.25) is 4.79 Å². The maximum Gasteiger partial charge on any atom is 0.383 e. The highest BCUT2D eigenvalue weighted by molar-refractivity contribution is 5.94. The maximum atomic E-state index is 12.4. The monoisotopic (exact) mass is 354 g/mol. The van der Waals surface area contributed by atoms with Crippen LogP contribution in [0.5, 0.6) is 17.2 Å². The zero-order valence-corrected chi connectivity index (χ0v) is 14.0. The molecule has 0 fully saturated rings. The second-order valence-electron chi connectivity index (χ2n) is 5.23. The summed E-state index contributed by atoms with van der Waals surface area (Å²) in [6.45, 7) is 1.23. The van der Waals surface area contributed by atoms with Crippen LogP contribution >= 0.6 is 0 Å². The van der Waals surface area contributed by atoms with E-state index in [-0.39, 0.29) is 28.4 Å². The largest absolute Gasteiger partial charge is 0.492 e. The fraction of sp³-hybridized carbons (Fsp3) is 0.105. The number of methoxy groups -OCH3 is 1. The Kier molecular flexibility index (Phi) is 4.70. The predicted molar refractivity (Wildman–Crippen MR) is 91.7 cm³/mol. The van der Waals surface area contributed by atoms with Crippen LogP contribution in [-0.2, 0) is 4.79 Å². The average molecular weight is 354 g/mol. The van der Waals surface area contributed by atoms with Crippen LogP contribution in [-0.4, -0.2) is 19.0 Å². The molecule has 0 saturated heterocycles. The molecule has 1 heterocycles. The summed E-state index contributed by atoms with van der Waals surface area (Å²) in [4.78, 5) is 35.8. The van der Waals surface area contributed by atoms with Crippen molar-refractivity contribution in [3.05, 3.63) is 64.5 Å². The molecule has 0 aliphatic rings. The fourth-order valence-corrected chi connectivity index (χ4v) is 2.41. The van der Waals surface area contributed by atoms with Gasteiger partial charge in [0.1, 0.15) is 0 Å². The number of esters is 2. The quantitative estimate of drug-likeness (QED) is 0.404. The Morgan fingerprint density at radius 1 is 0.923 bits per heavy atom. The maximum absolute atomic E-state index is 12.4. The van der Waals surface area contributed by atoms with E-state index < -0.39 is 17.6 Å². The third-order valence-electron chi connectivity index (χ3n) is 3.47. The molecule has 3 rings (SSSR count). The summed E-state index contributed by atoms with van der Waals surface area (Å²) in [5, 5.41) is 0.321. The summed E-state index contributed by atoms with van der Waals surface area (Å²) in [6.07, 6.45) is 0. The number of benzene rings is 2. The number of carbonyl (C=O) groups excluding carboxylic acids is 2. The van der Waals surface area contributed by atoms with Gasteiger partial charge in [0, 0.05) is 6.92 Å². The Morgan fingerprint density at radius 3 is 2.31 bits per heavy atom. The third kappa shape index (κ3) is 3.27. The molecule has 26 heavy (non-hydrogen) atoms. The van der Waals surface area contributed by atoms with Crippen molar-refractivity contribution < 1.29 is 28.2 Å². The Balaban J connectivity index is 2.12. The zero-order chi connectivity index (χ0) is 18.7. The molecule has 0 spiro atoms. The molecule has 0 radical (unpaired) electrons. The van der Waals surface area contributed by atoms with Crippen LogP contribution in [0.2, 0.25) is 0 Å². The first-order chi connectivity index (χ1) is 12.5. The van der Waals surface area contributed by atoms with E-state index >= 15 is 0 Å². The SMILES string of the molecule is COc1c(OC(=O)c2ccccc2)c(=O)oc2c(OC(C)=O)cccc12. The highest BCUT2D eigenvalue weighted by Crippen LogP contribution is 2.36. The van der Waals surface area contributed by atoms with Gasteiger partial charge in [-0.05, 0) is 24.3 Å². The molecule has 0 atom stereocenters. The molecular weight excluding hydrogens is 340 g/mol. The topological polar surface area (TPSA) is 92.0 Å². The van der Waals surface area contributed by atoms with E-state index in [1.807, 2.05) is 0 Å². The smallest absolute Gasteiger partial charge is 0.383 e. The van der Waals surface area contributed by atoms with Gasteiger partial charge in [0.05, 0.1) is 18.1 Å². The number of fused-ring (bicyclic) bond motifs is 1. The molecule has 0 amide bonds. The van der Waals surface area contributed by atoms with Gasteiger partial charge < -0.3 is 18.6 Å². The lowest BCUT2D eigenvalue weighted by atomic mass is 10.2. The van der Waals surface area contributed by atoms with Crippen LogP contribution in [0.25, 0.3) is 11.0 Å². The van der Waals surface area contributed by atoms with Gasteiger partial charge in [-0.15, -0.1) is 0 Å². The molecule has 0 N–H and O–H groups in total. The second-order valence-corrected chi connectivity index (χ2v) is 5.23. The normalized spacial score (nSPS) is 10.4. The van der Waals surface area contributed by atoms with E-state index in [0.717, 1.165) is 0 Å². The van der Waals surface area contributed by atoms with Gasteiger partial charge in [-0.2, -0.15) is 0 Å². The molecule has 0 aliphatic carbocycles. The summed E-state index contributed by atoms with van der Waals surface area (Å²) in [5.41, 5.74) is -0.648. The van der Waals surface area contributed by atoms with Crippen molar-refractivity contribution in [3.63, 3.8) is 0 Å². The molecular formula is C19H14O7. The van der Waals surface area contributed by atoms with Crippen molar-refractivity contribution in [1.29, 1.82) is 0 Å². The van der Waals surface area contributed by atoms with Gasteiger partial charge in [0.15, 0.2) is 17.1 Å². The minimum atomic E-state index is -0.932. The highest BCUT2D eigenvalue weighted by atomic mass is 16.6. The summed E-state index contributed by atoms with van der Waals surface area (Å²) in [6, 6.07) is 12.8. The first-order valence-electron chi connectivity index (χ1n) is 7.60. The Morgan fingerprint density at radius 2 is 1.65 bits per heavy atom. The van der Waals surface area contributed by atoms with Gasteiger partial charge >= 0.3 is 17.6 Å². The molecule has 0 bridgehead atoms. The molecule has 3 aromatic rings. The van der Waals surface area contributed by atoms with Gasteiger partial charge in [0.2, 0.25) is 0 Å². The number of hydrogen-bond acceptors (Lipinski definition) is 7. The molecule has 7 nitrogen and oxygen atoms in total. The molecule has 1 aromatic heterocycles. The van der Waals surface area contributed by atoms with Crippen molar-refractivity contribution in [2.45, 2.75) is 6.92 Å². The fourth-order valence-electron chi connectivity index (χ4n) is 2.41. The summed E-state index contributed by atoms with van der Waals surface area (Å²) in [5.74, 6) is -1.61. The molecule has 0 saturated carbocycles.